The zero-order chi connectivity index (χ0) is 30.7. The lowest BCUT2D eigenvalue weighted by molar-refractivity contribution is -0.284. The maximum absolute atomic E-state index is 13.0. The Balaban J connectivity index is 1.17. The first-order valence-electron chi connectivity index (χ1n) is 15.7. The van der Waals surface area contributed by atoms with Crippen molar-refractivity contribution in [2.24, 2.45) is 23.2 Å². The molecule has 2 fully saturated rings. The lowest BCUT2D eigenvalue weighted by Crippen LogP contribution is -2.47. The van der Waals surface area contributed by atoms with Crippen molar-refractivity contribution < 1.29 is 36.4 Å². The zero-order valence-electron chi connectivity index (χ0n) is 24.5. The summed E-state index contributed by atoms with van der Waals surface area (Å²) >= 11 is 3.53. The number of unbranched alkanes of at least 4 members (excludes halogenated alkanes) is 6. The Morgan fingerprint density at radius 1 is 0.952 bits per heavy atom. The molecule has 0 heterocycles. The SMILES string of the molecule is C[C@]12CC[C@@H]3c4cc(Br)c(O)cc4CC(CCCCCCCCCS(=O)CCCC(F)(F)C(F)(F)F)[C@H]3[C@@H]1CC[C@@H]2O. The number of halogens is 6. The minimum absolute atomic E-state index is 0.00286. The van der Waals surface area contributed by atoms with Crippen LogP contribution < -0.4 is 0 Å². The molecule has 1 aromatic rings. The first-order chi connectivity index (χ1) is 19.7. The van der Waals surface area contributed by atoms with E-state index in [1.54, 1.807) is 0 Å². The van der Waals surface area contributed by atoms with Crippen LogP contribution in [0.1, 0.15) is 114 Å². The van der Waals surface area contributed by atoms with E-state index >= 15 is 0 Å². The van der Waals surface area contributed by atoms with Crippen molar-refractivity contribution in [1.82, 2.24) is 0 Å². The van der Waals surface area contributed by atoms with Gasteiger partial charge >= 0.3 is 12.1 Å². The van der Waals surface area contributed by atoms with Gasteiger partial charge in [-0.25, -0.2) is 0 Å². The average Bonchev–Trinajstić information content (AvgIpc) is 3.21. The van der Waals surface area contributed by atoms with Gasteiger partial charge in [0, 0.05) is 28.7 Å². The van der Waals surface area contributed by atoms with Gasteiger partial charge in [0.2, 0.25) is 0 Å². The van der Waals surface area contributed by atoms with Crippen molar-refractivity contribution in [2.75, 3.05) is 11.5 Å². The second-order valence-corrected chi connectivity index (χ2v) is 15.9. The molecular weight excluding hydrogens is 639 g/mol. The highest BCUT2D eigenvalue weighted by Crippen LogP contribution is 2.63. The van der Waals surface area contributed by atoms with E-state index in [4.69, 9.17) is 0 Å². The lowest BCUT2D eigenvalue weighted by Gasteiger charge is -2.53. The maximum Gasteiger partial charge on any atom is 0.453 e. The molecule has 0 radical (unpaired) electrons. The standard InChI is InChI=1S/C32H46BrF5O3S/c1-30-15-13-23-24-20-26(33)27(39)19-22(24)18-21(29(23)25(30)11-12-28(30)40)10-7-5-3-2-4-6-8-16-42(41)17-9-14-31(34,35)32(36,37)38/h19-21,23,25,28-29,39-40H,2-18H2,1H3/t21?,23-,25+,28+,29-,30+,42?/m1/s1. The molecule has 0 bridgehead atoms. The van der Waals surface area contributed by atoms with Crippen molar-refractivity contribution in [3.8, 4) is 5.75 Å². The molecule has 0 saturated heterocycles. The van der Waals surface area contributed by atoms with Crippen molar-refractivity contribution in [2.45, 2.75) is 127 Å². The van der Waals surface area contributed by atoms with Crippen LogP contribution in [-0.4, -0.2) is 44.1 Å². The number of alkyl halides is 5. The van der Waals surface area contributed by atoms with Crippen LogP contribution in [0.15, 0.2) is 16.6 Å². The number of benzene rings is 1. The van der Waals surface area contributed by atoms with Crippen molar-refractivity contribution in [3.05, 3.63) is 27.7 Å². The molecule has 7 atom stereocenters. The van der Waals surface area contributed by atoms with Crippen LogP contribution >= 0.6 is 15.9 Å². The number of hydrogen-bond acceptors (Lipinski definition) is 3. The largest absolute Gasteiger partial charge is 0.507 e. The first-order valence-corrected chi connectivity index (χ1v) is 18.0. The number of hydrogen-bond donors (Lipinski definition) is 2. The number of phenols is 1. The molecule has 3 aliphatic rings. The topological polar surface area (TPSA) is 57.5 Å². The van der Waals surface area contributed by atoms with Crippen LogP contribution in [0.4, 0.5) is 22.0 Å². The summed E-state index contributed by atoms with van der Waals surface area (Å²) in [6, 6.07) is 4.08. The van der Waals surface area contributed by atoms with Crippen LogP contribution in [0.5, 0.6) is 5.75 Å². The molecule has 0 aliphatic heterocycles. The lowest BCUT2D eigenvalue weighted by atomic mass is 9.52. The summed E-state index contributed by atoms with van der Waals surface area (Å²) in [6.45, 7) is 2.30. The second-order valence-electron chi connectivity index (χ2n) is 13.3. The smallest absolute Gasteiger partial charge is 0.453 e. The number of aliphatic hydroxyl groups excluding tert-OH is 1. The summed E-state index contributed by atoms with van der Waals surface area (Å²) in [5, 5.41) is 21.3. The van der Waals surface area contributed by atoms with Gasteiger partial charge in [-0.3, -0.25) is 4.21 Å². The van der Waals surface area contributed by atoms with E-state index in [0.29, 0.717) is 41.6 Å². The fraction of sp³-hybridized carbons (Fsp3) is 0.812. The third kappa shape index (κ3) is 7.72. The molecule has 2 N–H and O–H groups in total. The van der Waals surface area contributed by atoms with E-state index in [-0.39, 0.29) is 17.3 Å². The zero-order valence-corrected chi connectivity index (χ0v) is 26.9. The van der Waals surface area contributed by atoms with Crippen molar-refractivity contribution in [3.63, 3.8) is 0 Å². The van der Waals surface area contributed by atoms with E-state index < -0.39 is 35.7 Å². The van der Waals surface area contributed by atoms with Crippen LogP contribution in [0.3, 0.4) is 0 Å². The quantitative estimate of drug-likeness (QED) is 0.152. The summed E-state index contributed by atoms with van der Waals surface area (Å²) in [4.78, 5) is 0. The highest BCUT2D eigenvalue weighted by Gasteiger charge is 2.57. The molecule has 3 nitrogen and oxygen atoms in total. The normalized spacial score (nSPS) is 30.0. The van der Waals surface area contributed by atoms with E-state index in [0.717, 1.165) is 81.5 Å². The van der Waals surface area contributed by atoms with Gasteiger partial charge in [0.1, 0.15) is 5.75 Å². The molecule has 0 spiro atoms. The molecule has 1 aromatic carbocycles. The van der Waals surface area contributed by atoms with Gasteiger partial charge in [0.05, 0.1) is 10.6 Å². The van der Waals surface area contributed by atoms with Crippen LogP contribution in [0, 0.1) is 23.2 Å². The monoisotopic (exact) mass is 684 g/mol. The number of aliphatic hydroxyl groups is 1. The molecule has 10 heteroatoms. The third-order valence-electron chi connectivity index (χ3n) is 10.6. The number of fused-ring (bicyclic) bond motifs is 5. The Morgan fingerprint density at radius 2 is 1.60 bits per heavy atom. The van der Waals surface area contributed by atoms with Crippen LogP contribution in [-0.2, 0) is 17.2 Å². The Kier molecular flexibility index (Phi) is 11.5. The number of aromatic hydroxyl groups is 1. The summed E-state index contributed by atoms with van der Waals surface area (Å²) in [7, 11) is -1.36. The maximum atomic E-state index is 13.0. The van der Waals surface area contributed by atoms with Gasteiger partial charge in [0.15, 0.2) is 0 Å². The fourth-order valence-electron chi connectivity index (χ4n) is 8.30. The Morgan fingerprint density at radius 3 is 2.29 bits per heavy atom. The second kappa shape index (κ2) is 14.1. The molecular formula is C32H46BrF5O3S. The van der Waals surface area contributed by atoms with Gasteiger partial charge in [-0.2, -0.15) is 22.0 Å². The minimum Gasteiger partial charge on any atom is -0.507 e. The molecule has 4 rings (SSSR count). The Labute approximate surface area is 258 Å². The summed E-state index contributed by atoms with van der Waals surface area (Å²) in [5.41, 5.74) is 2.66. The molecule has 2 unspecified atom stereocenters. The molecule has 240 valence electrons. The number of phenolic OH excluding ortho intramolecular Hbond substituents is 1. The van der Waals surface area contributed by atoms with Gasteiger partial charge in [0.25, 0.3) is 0 Å². The molecule has 0 aromatic heterocycles. The fourth-order valence-corrected chi connectivity index (χ4v) is 9.85. The van der Waals surface area contributed by atoms with Gasteiger partial charge in [-0.15, -0.1) is 0 Å². The number of rotatable bonds is 14. The predicted molar refractivity (Wildman–Crippen MR) is 160 cm³/mol. The average molecular weight is 686 g/mol. The predicted octanol–water partition coefficient (Wildman–Crippen LogP) is 9.45. The molecule has 42 heavy (non-hydrogen) atoms. The van der Waals surface area contributed by atoms with Crippen molar-refractivity contribution in [1.29, 1.82) is 0 Å². The highest BCUT2D eigenvalue weighted by molar-refractivity contribution is 9.10. The molecule has 2 saturated carbocycles. The summed E-state index contributed by atoms with van der Waals surface area (Å²) in [6.07, 6.45) is 5.81. The van der Waals surface area contributed by atoms with Gasteiger partial charge in [-0.1, -0.05) is 45.4 Å². The van der Waals surface area contributed by atoms with E-state index in [1.165, 1.54) is 11.1 Å². The summed E-state index contributed by atoms with van der Waals surface area (Å²) in [5.74, 6) is -2.06. The van der Waals surface area contributed by atoms with E-state index in [2.05, 4.69) is 28.9 Å². The van der Waals surface area contributed by atoms with Gasteiger partial charge < -0.3 is 10.2 Å². The molecule has 0 amide bonds. The van der Waals surface area contributed by atoms with E-state index in [1.807, 2.05) is 6.07 Å². The van der Waals surface area contributed by atoms with Gasteiger partial charge in [-0.05, 0) is 120 Å². The Hall–Kier alpha value is -0.740. The third-order valence-corrected chi connectivity index (χ3v) is 12.8. The first kappa shape index (κ1) is 34.1. The van der Waals surface area contributed by atoms with Crippen LogP contribution in [0.25, 0.3) is 0 Å². The van der Waals surface area contributed by atoms with Crippen molar-refractivity contribution >= 4 is 26.7 Å². The minimum atomic E-state index is -5.54. The van der Waals surface area contributed by atoms with Crippen LogP contribution in [0.2, 0.25) is 0 Å². The summed E-state index contributed by atoms with van der Waals surface area (Å²) < 4.78 is 75.3. The molecule has 3 aliphatic carbocycles. The highest BCUT2D eigenvalue weighted by atomic mass is 79.9. The Bertz CT molecular complexity index is 1080. The van der Waals surface area contributed by atoms with E-state index in [9.17, 15) is 36.4 Å².